The van der Waals surface area contributed by atoms with Gasteiger partial charge < -0.3 is 10.6 Å². The Bertz CT molecular complexity index is 423. The molecule has 1 heterocycles. The fourth-order valence-corrected chi connectivity index (χ4v) is 2.42. The van der Waals surface area contributed by atoms with Gasteiger partial charge in [0.15, 0.2) is 0 Å². The van der Waals surface area contributed by atoms with Gasteiger partial charge in [0.1, 0.15) is 10.7 Å². The molecule has 1 amide bonds. The summed E-state index contributed by atoms with van der Waals surface area (Å²) in [6.45, 7) is 6.15. The zero-order valence-corrected chi connectivity index (χ0v) is 10.7. The van der Waals surface area contributed by atoms with Gasteiger partial charge in [-0.1, -0.05) is 6.08 Å². The first kappa shape index (κ1) is 12.3. The highest BCUT2D eigenvalue weighted by molar-refractivity contribution is 7.09. The minimum atomic E-state index is -0.115. The second kappa shape index (κ2) is 4.98. The van der Waals surface area contributed by atoms with Crippen molar-refractivity contribution in [2.24, 2.45) is 5.73 Å². The van der Waals surface area contributed by atoms with Crippen LogP contribution in [-0.2, 0) is 0 Å². The van der Waals surface area contributed by atoms with Crippen LogP contribution in [0.5, 0.6) is 0 Å². The van der Waals surface area contributed by atoms with Crippen LogP contribution >= 0.6 is 11.3 Å². The largest absolute Gasteiger partial charge is 0.331 e. The van der Waals surface area contributed by atoms with Gasteiger partial charge in [0.25, 0.3) is 5.91 Å². The maximum Gasteiger partial charge on any atom is 0.273 e. The van der Waals surface area contributed by atoms with Crippen LogP contribution in [0.2, 0.25) is 0 Å². The molecule has 1 atom stereocenters. The lowest BCUT2D eigenvalue weighted by atomic mass is 10.3. The van der Waals surface area contributed by atoms with E-state index in [4.69, 9.17) is 5.73 Å². The van der Waals surface area contributed by atoms with E-state index in [1.165, 1.54) is 11.3 Å². The summed E-state index contributed by atoms with van der Waals surface area (Å²) in [5.41, 5.74) is 6.25. The maximum atomic E-state index is 12.2. The molecule has 0 spiro atoms. The molecule has 1 aliphatic rings. The Kier molecular flexibility index (Phi) is 3.59. The Balaban J connectivity index is 2.13. The van der Waals surface area contributed by atoms with E-state index in [0.29, 0.717) is 18.3 Å². The molecule has 1 aromatic heterocycles. The monoisotopic (exact) mass is 251 g/mol. The molecule has 1 aliphatic carbocycles. The van der Waals surface area contributed by atoms with Crippen molar-refractivity contribution in [1.29, 1.82) is 0 Å². The van der Waals surface area contributed by atoms with Gasteiger partial charge in [-0.15, -0.1) is 17.9 Å². The first-order chi connectivity index (χ1) is 8.13. The third-order valence-corrected chi connectivity index (χ3v) is 3.75. The van der Waals surface area contributed by atoms with Crippen molar-refractivity contribution in [1.82, 2.24) is 9.88 Å². The van der Waals surface area contributed by atoms with Crippen LogP contribution < -0.4 is 5.73 Å². The SMILES string of the molecule is C=CCN(C(=O)c1csc(C(C)N)n1)C1CC1. The number of thiazole rings is 1. The number of amides is 1. The fourth-order valence-electron chi connectivity index (χ4n) is 1.67. The highest BCUT2D eigenvalue weighted by Gasteiger charge is 2.33. The topological polar surface area (TPSA) is 59.2 Å². The van der Waals surface area contributed by atoms with Gasteiger partial charge in [-0.3, -0.25) is 4.79 Å². The van der Waals surface area contributed by atoms with E-state index in [9.17, 15) is 4.79 Å². The number of carbonyl (C=O) groups is 1. The molecule has 0 radical (unpaired) electrons. The second-order valence-electron chi connectivity index (χ2n) is 4.34. The van der Waals surface area contributed by atoms with Gasteiger partial charge in [0, 0.05) is 18.0 Å². The van der Waals surface area contributed by atoms with Gasteiger partial charge in [0.2, 0.25) is 0 Å². The van der Waals surface area contributed by atoms with Gasteiger partial charge in [0.05, 0.1) is 6.04 Å². The quantitative estimate of drug-likeness (QED) is 0.814. The van der Waals surface area contributed by atoms with Crippen molar-refractivity contribution in [2.75, 3.05) is 6.54 Å². The first-order valence-corrected chi connectivity index (χ1v) is 6.64. The van der Waals surface area contributed by atoms with Gasteiger partial charge in [-0.2, -0.15) is 0 Å². The summed E-state index contributed by atoms with van der Waals surface area (Å²) in [5, 5.41) is 2.60. The Morgan fingerprint density at radius 3 is 3.00 bits per heavy atom. The zero-order chi connectivity index (χ0) is 12.4. The molecule has 5 heteroatoms. The molecule has 0 aliphatic heterocycles. The Morgan fingerprint density at radius 2 is 2.53 bits per heavy atom. The van der Waals surface area contributed by atoms with Crippen LogP contribution in [-0.4, -0.2) is 28.4 Å². The molecule has 0 saturated heterocycles. The highest BCUT2D eigenvalue weighted by Crippen LogP contribution is 2.28. The number of hydrogen-bond acceptors (Lipinski definition) is 4. The molecule has 1 aromatic rings. The minimum Gasteiger partial charge on any atom is -0.331 e. The lowest BCUT2D eigenvalue weighted by Crippen LogP contribution is -2.33. The minimum absolute atomic E-state index is 0.00412. The molecule has 17 heavy (non-hydrogen) atoms. The normalized spacial score (nSPS) is 16.6. The average molecular weight is 251 g/mol. The lowest BCUT2D eigenvalue weighted by molar-refractivity contribution is 0.0757. The summed E-state index contributed by atoms with van der Waals surface area (Å²) in [7, 11) is 0. The predicted molar refractivity (Wildman–Crippen MR) is 69.0 cm³/mol. The van der Waals surface area contributed by atoms with E-state index in [-0.39, 0.29) is 11.9 Å². The van der Waals surface area contributed by atoms with Crippen LogP contribution in [0.25, 0.3) is 0 Å². The van der Waals surface area contributed by atoms with Crippen molar-refractivity contribution in [3.8, 4) is 0 Å². The molecular formula is C12H17N3OS. The summed E-state index contributed by atoms with van der Waals surface area (Å²) in [5.74, 6) is -0.00412. The van der Waals surface area contributed by atoms with E-state index in [2.05, 4.69) is 11.6 Å². The van der Waals surface area contributed by atoms with Crippen molar-refractivity contribution in [3.05, 3.63) is 28.7 Å². The third-order valence-electron chi connectivity index (χ3n) is 2.70. The molecule has 1 saturated carbocycles. The van der Waals surface area contributed by atoms with Gasteiger partial charge >= 0.3 is 0 Å². The number of aromatic nitrogens is 1. The summed E-state index contributed by atoms with van der Waals surface area (Å²) in [6, 6.07) is 0.260. The van der Waals surface area contributed by atoms with Gasteiger partial charge in [-0.05, 0) is 19.8 Å². The van der Waals surface area contributed by atoms with E-state index < -0.39 is 0 Å². The van der Waals surface area contributed by atoms with Crippen molar-refractivity contribution >= 4 is 17.2 Å². The van der Waals surface area contributed by atoms with E-state index in [1.807, 2.05) is 11.8 Å². The first-order valence-electron chi connectivity index (χ1n) is 5.76. The van der Waals surface area contributed by atoms with Crippen molar-refractivity contribution < 1.29 is 4.79 Å². The third kappa shape index (κ3) is 2.73. The van der Waals surface area contributed by atoms with Crippen molar-refractivity contribution in [3.63, 3.8) is 0 Å². The molecule has 0 bridgehead atoms. The smallest absolute Gasteiger partial charge is 0.273 e. The number of nitrogens with two attached hydrogens (primary N) is 1. The molecule has 2 N–H and O–H groups in total. The van der Waals surface area contributed by atoms with Crippen LogP contribution in [0.3, 0.4) is 0 Å². The Labute approximate surface area is 105 Å². The lowest BCUT2D eigenvalue weighted by Gasteiger charge is -2.19. The Hall–Kier alpha value is -1.20. The molecule has 4 nitrogen and oxygen atoms in total. The zero-order valence-electron chi connectivity index (χ0n) is 9.93. The Morgan fingerprint density at radius 1 is 1.82 bits per heavy atom. The van der Waals surface area contributed by atoms with Crippen LogP contribution in [0.1, 0.15) is 41.3 Å². The number of carbonyl (C=O) groups excluding carboxylic acids is 1. The summed E-state index contributed by atoms with van der Waals surface area (Å²) in [4.78, 5) is 18.4. The van der Waals surface area contributed by atoms with E-state index in [0.717, 1.165) is 17.8 Å². The maximum absolute atomic E-state index is 12.2. The number of hydrogen-bond donors (Lipinski definition) is 1. The molecular weight excluding hydrogens is 234 g/mol. The predicted octanol–water partition coefficient (Wildman–Crippen LogP) is 1.95. The average Bonchev–Trinajstić information content (AvgIpc) is 3.00. The fraction of sp³-hybridized carbons (Fsp3) is 0.500. The number of nitrogens with zero attached hydrogens (tertiary/aromatic N) is 2. The summed E-state index contributed by atoms with van der Waals surface area (Å²) < 4.78 is 0. The van der Waals surface area contributed by atoms with Crippen molar-refractivity contribution in [2.45, 2.75) is 31.8 Å². The molecule has 0 aromatic carbocycles. The molecule has 2 rings (SSSR count). The summed E-state index contributed by atoms with van der Waals surface area (Å²) in [6.07, 6.45) is 3.93. The van der Waals surface area contributed by atoms with Crippen LogP contribution in [0, 0.1) is 0 Å². The van der Waals surface area contributed by atoms with Gasteiger partial charge in [-0.25, -0.2) is 4.98 Å². The number of rotatable bonds is 5. The second-order valence-corrected chi connectivity index (χ2v) is 5.23. The van der Waals surface area contributed by atoms with Crippen LogP contribution in [0.15, 0.2) is 18.0 Å². The summed E-state index contributed by atoms with van der Waals surface area (Å²) >= 11 is 1.44. The van der Waals surface area contributed by atoms with E-state index >= 15 is 0 Å². The standard InChI is InChI=1S/C12H17N3OS/c1-3-6-15(9-4-5-9)12(16)10-7-17-11(14-10)8(2)13/h3,7-9H,1,4-6,13H2,2H3. The molecule has 1 unspecified atom stereocenters. The van der Waals surface area contributed by atoms with E-state index in [1.54, 1.807) is 11.5 Å². The molecule has 92 valence electrons. The highest BCUT2D eigenvalue weighted by atomic mass is 32.1. The van der Waals surface area contributed by atoms with Crippen LogP contribution in [0.4, 0.5) is 0 Å². The molecule has 1 fully saturated rings.